The van der Waals surface area contributed by atoms with Crippen LogP contribution < -0.4 is 15.9 Å². The Labute approximate surface area is 115 Å². The third-order valence-electron chi connectivity index (χ3n) is 2.64. The van der Waals surface area contributed by atoms with Crippen LogP contribution in [0.2, 0.25) is 0 Å². The molecule has 0 aliphatic heterocycles. The highest BCUT2D eigenvalue weighted by molar-refractivity contribution is 7.80. The van der Waals surface area contributed by atoms with E-state index in [2.05, 4.69) is 5.10 Å². The summed E-state index contributed by atoms with van der Waals surface area (Å²) < 4.78 is 6.77. The Morgan fingerprint density at radius 1 is 1.42 bits per heavy atom. The third kappa shape index (κ3) is 2.63. The van der Waals surface area contributed by atoms with Gasteiger partial charge in [0.1, 0.15) is 10.7 Å². The molecule has 0 aliphatic carbocycles. The topological polar surface area (TPSA) is 70.1 Å². The summed E-state index contributed by atoms with van der Waals surface area (Å²) in [6.07, 6.45) is 0. The second-order valence-corrected chi connectivity index (χ2v) is 4.42. The number of hydrogen-bond donors (Lipinski definition) is 1. The van der Waals surface area contributed by atoms with Crippen molar-refractivity contribution in [3.63, 3.8) is 0 Å². The summed E-state index contributed by atoms with van der Waals surface area (Å²) in [5, 5.41) is 4.20. The maximum atomic E-state index is 11.7. The maximum Gasteiger partial charge on any atom is 0.210 e. The van der Waals surface area contributed by atoms with Gasteiger partial charge in [-0.2, -0.15) is 5.10 Å². The van der Waals surface area contributed by atoms with Crippen molar-refractivity contribution in [2.75, 3.05) is 7.11 Å². The second kappa shape index (κ2) is 5.19. The van der Waals surface area contributed by atoms with Crippen LogP contribution in [0, 0.1) is 6.92 Å². The highest BCUT2D eigenvalue weighted by Gasteiger charge is 2.10. The number of hydrogen-bond acceptors (Lipinski definition) is 4. The summed E-state index contributed by atoms with van der Waals surface area (Å²) in [5.74, 6) is 0.703. The van der Waals surface area contributed by atoms with Crippen LogP contribution in [0.4, 0.5) is 0 Å². The van der Waals surface area contributed by atoms with E-state index in [0.29, 0.717) is 11.4 Å². The lowest BCUT2D eigenvalue weighted by molar-refractivity contribution is 0.414. The Bertz CT molecular complexity index is 695. The highest BCUT2D eigenvalue weighted by atomic mass is 32.1. The van der Waals surface area contributed by atoms with E-state index in [1.165, 1.54) is 6.07 Å². The van der Waals surface area contributed by atoms with E-state index in [-0.39, 0.29) is 16.1 Å². The minimum absolute atomic E-state index is 0.0124. The molecule has 0 fully saturated rings. The molecular weight excluding hydrogens is 262 g/mol. The molecule has 1 aromatic heterocycles. The fraction of sp³-hybridized carbons (Fsp3) is 0.154. The molecule has 0 aliphatic rings. The van der Waals surface area contributed by atoms with E-state index in [9.17, 15) is 4.79 Å². The summed E-state index contributed by atoms with van der Waals surface area (Å²) >= 11 is 4.83. The molecule has 0 saturated carbocycles. The molecule has 1 heterocycles. The number of thiocarbonyl (C=S) groups is 1. The number of aryl methyl sites for hydroxylation is 1. The van der Waals surface area contributed by atoms with E-state index >= 15 is 0 Å². The normalized spacial score (nSPS) is 10.2. The lowest BCUT2D eigenvalue weighted by atomic mass is 10.2. The standard InChI is InChI=1S/C13H13N3O2S/c1-8-6-11(17)12(13(14)19)15-16(8)9-4-3-5-10(7-9)18-2/h3-7H,1-2H3,(H2,14,19). The minimum atomic E-state index is -0.274. The van der Waals surface area contributed by atoms with Gasteiger partial charge in [0, 0.05) is 17.8 Å². The first-order chi connectivity index (χ1) is 9.02. The number of nitrogens with zero attached hydrogens (tertiary/aromatic N) is 2. The van der Waals surface area contributed by atoms with Crippen LogP contribution in [-0.2, 0) is 0 Å². The molecule has 0 unspecified atom stereocenters. The zero-order valence-electron chi connectivity index (χ0n) is 10.6. The zero-order chi connectivity index (χ0) is 14.0. The van der Waals surface area contributed by atoms with Gasteiger partial charge in [-0.15, -0.1) is 0 Å². The van der Waals surface area contributed by atoms with E-state index in [4.69, 9.17) is 22.7 Å². The molecule has 0 spiro atoms. The predicted molar refractivity (Wildman–Crippen MR) is 77.0 cm³/mol. The summed E-state index contributed by atoms with van der Waals surface area (Å²) in [6.45, 7) is 1.79. The lowest BCUT2D eigenvalue weighted by Gasteiger charge is -2.11. The summed E-state index contributed by atoms with van der Waals surface area (Å²) in [7, 11) is 1.59. The van der Waals surface area contributed by atoms with E-state index in [0.717, 1.165) is 5.69 Å². The monoisotopic (exact) mass is 275 g/mol. The summed E-state index contributed by atoms with van der Waals surface area (Å²) in [4.78, 5) is 11.7. The molecule has 6 heteroatoms. The molecule has 2 N–H and O–H groups in total. The highest BCUT2D eigenvalue weighted by Crippen LogP contribution is 2.16. The van der Waals surface area contributed by atoms with Crippen molar-refractivity contribution >= 4 is 17.2 Å². The average Bonchev–Trinajstić information content (AvgIpc) is 2.38. The molecule has 0 radical (unpaired) electrons. The van der Waals surface area contributed by atoms with Crippen molar-refractivity contribution in [3.8, 4) is 11.4 Å². The minimum Gasteiger partial charge on any atom is -0.497 e. The predicted octanol–water partition coefficient (Wildman–Crippen LogP) is 1.18. The smallest absolute Gasteiger partial charge is 0.210 e. The second-order valence-electron chi connectivity index (χ2n) is 3.98. The average molecular weight is 275 g/mol. The SMILES string of the molecule is COc1cccc(-n2nc(C(N)=S)c(=O)cc2C)c1. The van der Waals surface area contributed by atoms with Gasteiger partial charge in [0.2, 0.25) is 5.43 Å². The van der Waals surface area contributed by atoms with Crippen LogP contribution in [0.3, 0.4) is 0 Å². The third-order valence-corrected chi connectivity index (χ3v) is 2.83. The van der Waals surface area contributed by atoms with Crippen molar-refractivity contribution in [1.82, 2.24) is 9.78 Å². The fourth-order valence-electron chi connectivity index (χ4n) is 1.72. The Morgan fingerprint density at radius 2 is 2.16 bits per heavy atom. The van der Waals surface area contributed by atoms with Crippen molar-refractivity contribution in [1.29, 1.82) is 0 Å². The van der Waals surface area contributed by atoms with Gasteiger partial charge in [0.05, 0.1) is 12.8 Å². The van der Waals surface area contributed by atoms with Crippen molar-refractivity contribution in [2.45, 2.75) is 6.92 Å². The lowest BCUT2D eigenvalue weighted by Crippen LogP contribution is -2.26. The van der Waals surface area contributed by atoms with Gasteiger partial charge in [0.15, 0.2) is 5.69 Å². The number of ether oxygens (including phenoxy) is 1. The Morgan fingerprint density at radius 3 is 2.79 bits per heavy atom. The summed E-state index contributed by atoms with van der Waals surface area (Å²) in [6, 6.07) is 8.80. The van der Waals surface area contributed by atoms with Crippen LogP contribution in [0.5, 0.6) is 5.75 Å². The van der Waals surface area contributed by atoms with Crippen LogP contribution in [0.15, 0.2) is 35.1 Å². The Balaban J connectivity index is 2.64. The molecule has 0 atom stereocenters. The van der Waals surface area contributed by atoms with Crippen LogP contribution >= 0.6 is 12.2 Å². The largest absolute Gasteiger partial charge is 0.497 e. The van der Waals surface area contributed by atoms with Gasteiger partial charge in [-0.05, 0) is 19.1 Å². The number of rotatable bonds is 3. The Hall–Kier alpha value is -2.21. The molecule has 19 heavy (non-hydrogen) atoms. The van der Waals surface area contributed by atoms with Crippen molar-refractivity contribution in [3.05, 3.63) is 51.9 Å². The first kappa shape index (κ1) is 13.2. The van der Waals surface area contributed by atoms with Crippen LogP contribution in [0.1, 0.15) is 11.4 Å². The van der Waals surface area contributed by atoms with E-state index < -0.39 is 0 Å². The fourth-order valence-corrected chi connectivity index (χ4v) is 1.86. The first-order valence-corrected chi connectivity index (χ1v) is 5.99. The van der Waals surface area contributed by atoms with Crippen molar-refractivity contribution < 1.29 is 4.74 Å². The van der Waals surface area contributed by atoms with E-state index in [1.807, 2.05) is 24.3 Å². The molecule has 0 bridgehead atoms. The number of aromatic nitrogens is 2. The number of nitrogens with two attached hydrogens (primary N) is 1. The number of methoxy groups -OCH3 is 1. The van der Waals surface area contributed by atoms with Gasteiger partial charge in [0.25, 0.3) is 0 Å². The van der Waals surface area contributed by atoms with E-state index in [1.54, 1.807) is 18.7 Å². The molecule has 98 valence electrons. The zero-order valence-corrected chi connectivity index (χ0v) is 11.4. The van der Waals surface area contributed by atoms with Gasteiger partial charge in [-0.25, -0.2) is 4.68 Å². The molecule has 2 rings (SSSR count). The quantitative estimate of drug-likeness (QED) is 0.852. The van der Waals surface area contributed by atoms with Gasteiger partial charge in [-0.3, -0.25) is 4.79 Å². The van der Waals surface area contributed by atoms with Crippen LogP contribution in [0.25, 0.3) is 5.69 Å². The molecule has 2 aromatic rings. The molecule has 1 aromatic carbocycles. The molecule has 0 saturated heterocycles. The molecular formula is C13H13N3O2S. The maximum absolute atomic E-state index is 11.7. The van der Waals surface area contributed by atoms with Gasteiger partial charge >= 0.3 is 0 Å². The molecule has 5 nitrogen and oxygen atoms in total. The summed E-state index contributed by atoms with van der Waals surface area (Å²) in [5.41, 5.74) is 6.78. The first-order valence-electron chi connectivity index (χ1n) is 5.58. The molecule has 0 amide bonds. The van der Waals surface area contributed by atoms with Gasteiger partial charge in [-0.1, -0.05) is 18.3 Å². The van der Waals surface area contributed by atoms with Crippen molar-refractivity contribution in [2.24, 2.45) is 5.73 Å². The van der Waals surface area contributed by atoms with Crippen LogP contribution in [-0.4, -0.2) is 21.9 Å². The van der Waals surface area contributed by atoms with Gasteiger partial charge < -0.3 is 10.5 Å². The Kier molecular flexibility index (Phi) is 3.62. The number of benzene rings is 1.